The Morgan fingerprint density at radius 2 is 1.48 bits per heavy atom. The fourth-order valence-electron chi connectivity index (χ4n) is 4.28. The monoisotopic (exact) mass is 452 g/mol. The number of aliphatic carboxylic acids is 1. The summed E-state index contributed by atoms with van der Waals surface area (Å²) in [5.74, 6) is -1.66. The normalized spacial score (nSPS) is 14.0. The summed E-state index contributed by atoms with van der Waals surface area (Å²) in [6.07, 6.45) is 2.23. The molecule has 2 aromatic rings. The summed E-state index contributed by atoms with van der Waals surface area (Å²) in [7, 11) is 0. The van der Waals surface area contributed by atoms with E-state index in [1.165, 1.54) is 0 Å². The third kappa shape index (κ3) is 5.92. The zero-order valence-electron chi connectivity index (χ0n) is 19.2. The third-order valence-corrected chi connectivity index (χ3v) is 5.99. The number of carbonyl (C=O) groups is 3. The molecule has 7 nitrogen and oxygen atoms in total. The molecular formula is C26H32N2O5. The van der Waals surface area contributed by atoms with Crippen LogP contribution in [0.3, 0.4) is 0 Å². The minimum Gasteiger partial charge on any atom is -0.480 e. The highest BCUT2D eigenvalue weighted by atomic mass is 16.5. The lowest BCUT2D eigenvalue weighted by Gasteiger charge is -2.21. The average molecular weight is 453 g/mol. The van der Waals surface area contributed by atoms with E-state index in [9.17, 15) is 19.5 Å². The van der Waals surface area contributed by atoms with Crippen LogP contribution >= 0.6 is 0 Å². The van der Waals surface area contributed by atoms with Gasteiger partial charge in [-0.15, -0.1) is 0 Å². The van der Waals surface area contributed by atoms with Crippen molar-refractivity contribution in [1.82, 2.24) is 10.6 Å². The van der Waals surface area contributed by atoms with Crippen LogP contribution in [0.5, 0.6) is 0 Å². The minimum atomic E-state index is -1.08. The topological polar surface area (TPSA) is 105 Å². The van der Waals surface area contributed by atoms with E-state index in [0.717, 1.165) is 28.7 Å². The molecule has 0 aliphatic heterocycles. The molecule has 3 N–H and O–H groups in total. The van der Waals surface area contributed by atoms with Gasteiger partial charge in [0, 0.05) is 5.92 Å². The lowest BCUT2D eigenvalue weighted by molar-refractivity contribution is -0.142. The number of unbranched alkanes of at least 4 members (excludes halogenated alkanes) is 1. The molecule has 1 aliphatic rings. The molecule has 2 aromatic carbocycles. The van der Waals surface area contributed by atoms with Gasteiger partial charge in [0.2, 0.25) is 5.91 Å². The fourth-order valence-corrected chi connectivity index (χ4v) is 4.28. The molecule has 3 rings (SSSR count). The standard InChI is InChI=1S/C26H32N2O5/c1-3-5-15-22(24(29)27-23(10-4-2)25(30)31)28-26(32)33-16-21-19-13-8-6-11-17(19)18-12-7-9-14-20(18)21/h6-9,11-14,21-23H,3-5,10,15-16H2,1-2H3,(H,27,29)(H,28,32)(H,30,31)/t22-,23+/m0/s1. The molecule has 0 heterocycles. The number of fused-ring (bicyclic) bond motifs is 3. The predicted molar refractivity (Wildman–Crippen MR) is 126 cm³/mol. The summed E-state index contributed by atoms with van der Waals surface area (Å²) >= 11 is 0. The molecule has 0 fully saturated rings. The fraction of sp³-hybridized carbons (Fsp3) is 0.423. The van der Waals surface area contributed by atoms with Gasteiger partial charge in [-0.25, -0.2) is 9.59 Å². The summed E-state index contributed by atoms with van der Waals surface area (Å²) in [5.41, 5.74) is 4.49. The molecule has 0 saturated heterocycles. The van der Waals surface area contributed by atoms with Crippen LogP contribution < -0.4 is 10.6 Å². The molecule has 0 unspecified atom stereocenters. The molecule has 33 heavy (non-hydrogen) atoms. The first kappa shape index (κ1) is 24.3. The number of carboxylic acids is 1. The second-order valence-electron chi connectivity index (χ2n) is 8.35. The molecule has 1 aliphatic carbocycles. The number of alkyl carbamates (subject to hydrolysis) is 1. The van der Waals surface area contributed by atoms with E-state index in [1.807, 2.05) is 50.2 Å². The number of ether oxygens (including phenoxy) is 1. The molecule has 0 bridgehead atoms. The summed E-state index contributed by atoms with van der Waals surface area (Å²) in [5, 5.41) is 14.5. The van der Waals surface area contributed by atoms with E-state index < -0.39 is 30.1 Å². The van der Waals surface area contributed by atoms with Crippen LogP contribution in [0.4, 0.5) is 4.79 Å². The van der Waals surface area contributed by atoms with Crippen molar-refractivity contribution >= 4 is 18.0 Å². The highest BCUT2D eigenvalue weighted by Gasteiger charge is 2.30. The Balaban J connectivity index is 1.65. The Hall–Kier alpha value is -3.35. The number of nitrogens with one attached hydrogen (secondary N) is 2. The second kappa shape index (κ2) is 11.5. The molecule has 7 heteroatoms. The van der Waals surface area contributed by atoms with Gasteiger partial charge in [-0.2, -0.15) is 0 Å². The number of carbonyl (C=O) groups excluding carboxylic acids is 2. The van der Waals surface area contributed by atoms with Gasteiger partial charge in [-0.3, -0.25) is 4.79 Å². The maximum absolute atomic E-state index is 12.7. The summed E-state index contributed by atoms with van der Waals surface area (Å²) in [4.78, 5) is 36.7. The number of hydrogen-bond donors (Lipinski definition) is 3. The van der Waals surface area contributed by atoms with Crippen LogP contribution in [0.1, 0.15) is 63.0 Å². The van der Waals surface area contributed by atoms with Crippen molar-refractivity contribution < 1.29 is 24.2 Å². The Labute approximate surface area is 194 Å². The minimum absolute atomic E-state index is 0.0768. The van der Waals surface area contributed by atoms with Crippen molar-refractivity contribution in [1.29, 1.82) is 0 Å². The molecule has 2 amide bonds. The molecule has 2 atom stereocenters. The molecular weight excluding hydrogens is 420 g/mol. The second-order valence-corrected chi connectivity index (χ2v) is 8.35. The summed E-state index contributed by atoms with van der Waals surface area (Å²) < 4.78 is 5.55. The third-order valence-electron chi connectivity index (χ3n) is 5.99. The lowest BCUT2D eigenvalue weighted by Crippen LogP contribution is -2.51. The van der Waals surface area contributed by atoms with Crippen molar-refractivity contribution in [3.8, 4) is 11.1 Å². The summed E-state index contributed by atoms with van der Waals surface area (Å²) in [6.45, 7) is 3.99. The maximum atomic E-state index is 12.7. The van der Waals surface area contributed by atoms with Gasteiger partial charge < -0.3 is 20.5 Å². The quantitative estimate of drug-likeness (QED) is 0.467. The number of rotatable bonds is 11. The van der Waals surface area contributed by atoms with Crippen molar-refractivity contribution in [2.45, 2.75) is 64.0 Å². The van der Waals surface area contributed by atoms with Crippen LogP contribution in [0.2, 0.25) is 0 Å². The first-order valence-corrected chi connectivity index (χ1v) is 11.6. The predicted octanol–water partition coefficient (Wildman–Crippen LogP) is 4.45. The van der Waals surface area contributed by atoms with E-state index in [0.29, 0.717) is 25.7 Å². The molecule has 0 saturated carbocycles. The Kier molecular flexibility index (Phi) is 8.46. The Morgan fingerprint density at radius 3 is 2.03 bits per heavy atom. The van der Waals surface area contributed by atoms with Crippen LogP contribution in [0.25, 0.3) is 11.1 Å². The Bertz CT molecular complexity index is 945. The van der Waals surface area contributed by atoms with E-state index in [2.05, 4.69) is 22.8 Å². The van der Waals surface area contributed by atoms with Crippen molar-refractivity contribution in [2.24, 2.45) is 0 Å². The molecule has 0 radical (unpaired) electrons. The highest BCUT2D eigenvalue weighted by Crippen LogP contribution is 2.44. The zero-order valence-corrected chi connectivity index (χ0v) is 19.2. The molecule has 0 spiro atoms. The van der Waals surface area contributed by atoms with Gasteiger partial charge in [0.25, 0.3) is 0 Å². The SMILES string of the molecule is CCCC[C@H](NC(=O)OCC1c2ccccc2-c2ccccc21)C(=O)N[C@H](CCC)C(=O)O. The van der Waals surface area contributed by atoms with Crippen LogP contribution in [0.15, 0.2) is 48.5 Å². The number of hydrogen-bond acceptors (Lipinski definition) is 4. The van der Waals surface area contributed by atoms with Crippen LogP contribution in [-0.4, -0.2) is 41.8 Å². The van der Waals surface area contributed by atoms with Gasteiger partial charge in [-0.05, 0) is 35.1 Å². The van der Waals surface area contributed by atoms with Gasteiger partial charge in [-0.1, -0.05) is 81.6 Å². The van der Waals surface area contributed by atoms with Gasteiger partial charge in [0.15, 0.2) is 0 Å². The van der Waals surface area contributed by atoms with Gasteiger partial charge >= 0.3 is 12.1 Å². The van der Waals surface area contributed by atoms with E-state index in [1.54, 1.807) is 0 Å². The zero-order chi connectivity index (χ0) is 23.8. The van der Waals surface area contributed by atoms with Gasteiger partial charge in [0.1, 0.15) is 18.7 Å². The first-order valence-electron chi connectivity index (χ1n) is 11.6. The van der Waals surface area contributed by atoms with Crippen LogP contribution in [-0.2, 0) is 14.3 Å². The first-order chi connectivity index (χ1) is 16.0. The maximum Gasteiger partial charge on any atom is 0.407 e. The van der Waals surface area contributed by atoms with E-state index >= 15 is 0 Å². The number of carboxylic acid groups (broad SMARTS) is 1. The van der Waals surface area contributed by atoms with Crippen molar-refractivity contribution in [3.63, 3.8) is 0 Å². The largest absolute Gasteiger partial charge is 0.480 e. The highest BCUT2D eigenvalue weighted by molar-refractivity contribution is 5.89. The number of amides is 2. The van der Waals surface area contributed by atoms with Crippen molar-refractivity contribution in [3.05, 3.63) is 59.7 Å². The van der Waals surface area contributed by atoms with E-state index in [-0.39, 0.29) is 12.5 Å². The lowest BCUT2D eigenvalue weighted by atomic mass is 9.98. The van der Waals surface area contributed by atoms with Gasteiger partial charge in [0.05, 0.1) is 0 Å². The average Bonchev–Trinajstić information content (AvgIpc) is 3.13. The molecule has 0 aromatic heterocycles. The Morgan fingerprint density at radius 1 is 0.879 bits per heavy atom. The van der Waals surface area contributed by atoms with Crippen LogP contribution in [0, 0.1) is 0 Å². The summed E-state index contributed by atoms with van der Waals surface area (Å²) in [6, 6.07) is 14.3. The number of benzene rings is 2. The van der Waals surface area contributed by atoms with Crippen molar-refractivity contribution in [2.75, 3.05) is 6.61 Å². The van der Waals surface area contributed by atoms with E-state index in [4.69, 9.17) is 4.74 Å². The smallest absolute Gasteiger partial charge is 0.407 e. The molecule has 176 valence electrons.